The molecule has 1 aromatic heterocycles. The van der Waals surface area contributed by atoms with E-state index in [1.54, 1.807) is 7.11 Å². The minimum atomic E-state index is 0.832. The van der Waals surface area contributed by atoms with Gasteiger partial charge < -0.3 is 14.5 Å². The first kappa shape index (κ1) is 21.0. The minimum absolute atomic E-state index is 0.832. The number of methoxy groups -OCH3 is 1. The number of hydrogen-bond acceptors (Lipinski definition) is 6. The molecule has 0 N–H and O–H groups in total. The van der Waals surface area contributed by atoms with E-state index in [0.29, 0.717) is 0 Å². The first-order chi connectivity index (χ1) is 15.7. The van der Waals surface area contributed by atoms with Crippen LogP contribution < -0.4 is 14.5 Å². The third-order valence-electron chi connectivity index (χ3n) is 6.35. The third-order valence-corrected chi connectivity index (χ3v) is 6.72. The van der Waals surface area contributed by atoms with Crippen molar-refractivity contribution in [2.75, 3.05) is 49.6 Å². The van der Waals surface area contributed by atoms with Gasteiger partial charge in [-0.3, -0.25) is 4.90 Å². The summed E-state index contributed by atoms with van der Waals surface area (Å²) in [7, 11) is 1.70. The molecule has 3 aromatic rings. The van der Waals surface area contributed by atoms with E-state index in [-0.39, 0.29) is 0 Å². The number of benzene rings is 2. The maximum absolute atomic E-state index is 6.35. The van der Waals surface area contributed by atoms with E-state index in [9.17, 15) is 0 Å². The zero-order valence-electron chi connectivity index (χ0n) is 18.4. The van der Waals surface area contributed by atoms with Crippen LogP contribution in [0.1, 0.15) is 16.8 Å². The maximum atomic E-state index is 6.35. The van der Waals surface area contributed by atoms with Crippen LogP contribution in [0.5, 0.6) is 5.75 Å². The van der Waals surface area contributed by atoms with E-state index in [1.807, 2.05) is 36.5 Å². The number of anilines is 2. The predicted octanol–water partition coefficient (Wildman–Crippen LogP) is 4.02. The number of rotatable bonds is 5. The molecular formula is C25H28ClN5O. The molecule has 0 spiro atoms. The van der Waals surface area contributed by atoms with E-state index in [2.05, 4.69) is 32.9 Å². The van der Waals surface area contributed by atoms with Gasteiger partial charge in [0.1, 0.15) is 5.75 Å². The maximum Gasteiger partial charge on any atom is 0.225 e. The fraction of sp³-hybridized carbons (Fsp3) is 0.360. The molecule has 32 heavy (non-hydrogen) atoms. The normalized spacial score (nSPS) is 16.7. The van der Waals surface area contributed by atoms with Gasteiger partial charge in [0.25, 0.3) is 0 Å². The average molecular weight is 450 g/mol. The lowest BCUT2D eigenvalue weighted by atomic mass is 10.1. The molecule has 5 rings (SSSR count). The summed E-state index contributed by atoms with van der Waals surface area (Å²) in [4.78, 5) is 16.8. The molecule has 0 atom stereocenters. The van der Waals surface area contributed by atoms with Crippen molar-refractivity contribution >= 4 is 23.2 Å². The first-order valence-electron chi connectivity index (χ1n) is 11.1. The molecule has 0 aliphatic carbocycles. The molecule has 7 heteroatoms. The van der Waals surface area contributed by atoms with Crippen LogP contribution in [0.4, 0.5) is 11.6 Å². The molecular weight excluding hydrogens is 422 g/mol. The highest BCUT2D eigenvalue weighted by Gasteiger charge is 2.23. The highest BCUT2D eigenvalue weighted by atomic mass is 35.5. The first-order valence-corrected chi connectivity index (χ1v) is 11.5. The Kier molecular flexibility index (Phi) is 6.14. The predicted molar refractivity (Wildman–Crippen MR) is 129 cm³/mol. The topological polar surface area (TPSA) is 44.7 Å². The van der Waals surface area contributed by atoms with Crippen LogP contribution in [0.3, 0.4) is 0 Å². The van der Waals surface area contributed by atoms with Crippen molar-refractivity contribution in [1.29, 1.82) is 0 Å². The van der Waals surface area contributed by atoms with Crippen LogP contribution in [-0.4, -0.2) is 54.7 Å². The number of hydrogen-bond donors (Lipinski definition) is 0. The Bertz CT molecular complexity index is 1070. The number of piperazine rings is 1. The van der Waals surface area contributed by atoms with Crippen LogP contribution in [-0.2, 0) is 19.5 Å². The molecule has 0 unspecified atom stereocenters. The zero-order valence-corrected chi connectivity index (χ0v) is 19.1. The van der Waals surface area contributed by atoms with Crippen molar-refractivity contribution in [2.45, 2.75) is 19.5 Å². The Morgan fingerprint density at radius 2 is 1.69 bits per heavy atom. The van der Waals surface area contributed by atoms with Gasteiger partial charge in [-0.15, -0.1) is 0 Å². The Morgan fingerprint density at radius 1 is 0.938 bits per heavy atom. The molecule has 2 aliphatic rings. The quantitative estimate of drug-likeness (QED) is 0.586. The number of halogens is 1. The highest BCUT2D eigenvalue weighted by Crippen LogP contribution is 2.25. The van der Waals surface area contributed by atoms with Crippen molar-refractivity contribution in [3.63, 3.8) is 0 Å². The van der Waals surface area contributed by atoms with Gasteiger partial charge in [-0.2, -0.15) is 0 Å². The summed E-state index contributed by atoms with van der Waals surface area (Å²) in [5.41, 5.74) is 4.81. The van der Waals surface area contributed by atoms with Crippen LogP contribution in [0.25, 0.3) is 0 Å². The summed E-state index contributed by atoms with van der Waals surface area (Å²) < 4.78 is 5.27. The monoisotopic (exact) mass is 449 g/mol. The Hall–Kier alpha value is -2.83. The Balaban J connectivity index is 1.20. The molecule has 3 heterocycles. The van der Waals surface area contributed by atoms with E-state index in [0.717, 1.165) is 69.0 Å². The fourth-order valence-corrected chi connectivity index (χ4v) is 4.67. The SMILES string of the molecule is COc1ccc(N2CCN(c3ncc4c(n3)CCN(Cc3ccccc3Cl)C4)CC2)cc1. The van der Waals surface area contributed by atoms with E-state index in [1.165, 1.54) is 22.5 Å². The van der Waals surface area contributed by atoms with Gasteiger partial charge in [-0.05, 0) is 35.9 Å². The smallest absolute Gasteiger partial charge is 0.225 e. The second kappa shape index (κ2) is 9.35. The zero-order chi connectivity index (χ0) is 21.9. The number of nitrogens with zero attached hydrogens (tertiary/aromatic N) is 5. The fourth-order valence-electron chi connectivity index (χ4n) is 4.48. The molecule has 1 saturated heterocycles. The van der Waals surface area contributed by atoms with Crippen molar-refractivity contribution in [2.24, 2.45) is 0 Å². The molecule has 0 saturated carbocycles. The van der Waals surface area contributed by atoms with Gasteiger partial charge in [-0.25, -0.2) is 9.97 Å². The largest absolute Gasteiger partial charge is 0.497 e. The van der Waals surface area contributed by atoms with Gasteiger partial charge in [0.15, 0.2) is 0 Å². The molecule has 166 valence electrons. The van der Waals surface area contributed by atoms with Crippen molar-refractivity contribution in [3.8, 4) is 5.75 Å². The molecule has 2 aromatic carbocycles. The molecule has 0 amide bonds. The van der Waals surface area contributed by atoms with Crippen LogP contribution in [0.2, 0.25) is 5.02 Å². The van der Waals surface area contributed by atoms with Crippen molar-refractivity contribution < 1.29 is 4.74 Å². The lowest BCUT2D eigenvalue weighted by Gasteiger charge is -2.36. The van der Waals surface area contributed by atoms with Crippen molar-refractivity contribution in [1.82, 2.24) is 14.9 Å². The van der Waals surface area contributed by atoms with Crippen molar-refractivity contribution in [3.05, 3.63) is 76.6 Å². The molecule has 0 radical (unpaired) electrons. The number of aromatic nitrogens is 2. The molecule has 1 fully saturated rings. The Labute approximate surface area is 194 Å². The highest BCUT2D eigenvalue weighted by molar-refractivity contribution is 6.31. The van der Waals surface area contributed by atoms with Gasteiger partial charge >= 0.3 is 0 Å². The van der Waals surface area contributed by atoms with Gasteiger partial charge in [0.05, 0.1) is 12.8 Å². The third kappa shape index (κ3) is 4.52. The summed E-state index contributed by atoms with van der Waals surface area (Å²) in [6, 6.07) is 16.4. The van der Waals surface area contributed by atoms with Gasteiger partial charge in [-0.1, -0.05) is 29.8 Å². The van der Waals surface area contributed by atoms with Gasteiger partial charge in [0, 0.05) is 74.7 Å². The molecule has 6 nitrogen and oxygen atoms in total. The van der Waals surface area contributed by atoms with Crippen LogP contribution >= 0.6 is 11.6 Å². The molecule has 0 bridgehead atoms. The second-order valence-corrected chi connectivity index (χ2v) is 8.77. The second-order valence-electron chi connectivity index (χ2n) is 8.37. The minimum Gasteiger partial charge on any atom is -0.497 e. The lowest BCUT2D eigenvalue weighted by Crippen LogP contribution is -2.47. The summed E-state index contributed by atoms with van der Waals surface area (Å²) in [5.74, 6) is 1.75. The standard InChI is InChI=1S/C25H28ClN5O/c1-32-22-8-6-21(7-9-22)30-12-14-31(15-13-30)25-27-16-20-18-29(11-10-24(20)28-25)17-19-4-2-3-5-23(19)26/h2-9,16H,10-15,17-18H2,1H3. The molecule has 2 aliphatic heterocycles. The number of fused-ring (bicyclic) bond motifs is 1. The van der Waals surface area contributed by atoms with E-state index < -0.39 is 0 Å². The van der Waals surface area contributed by atoms with E-state index >= 15 is 0 Å². The summed E-state index contributed by atoms with van der Waals surface area (Å²) in [6.07, 6.45) is 2.97. The van der Waals surface area contributed by atoms with Crippen LogP contribution in [0, 0.1) is 0 Å². The Morgan fingerprint density at radius 3 is 2.44 bits per heavy atom. The summed E-state index contributed by atoms with van der Waals surface area (Å²) in [6.45, 7) is 6.46. The summed E-state index contributed by atoms with van der Waals surface area (Å²) in [5, 5.41) is 0.832. The van der Waals surface area contributed by atoms with E-state index in [4.69, 9.17) is 26.3 Å². The lowest BCUT2D eigenvalue weighted by molar-refractivity contribution is 0.243. The van der Waals surface area contributed by atoms with Crippen LogP contribution in [0.15, 0.2) is 54.7 Å². The summed E-state index contributed by atoms with van der Waals surface area (Å²) >= 11 is 6.35. The number of ether oxygens (including phenoxy) is 1. The van der Waals surface area contributed by atoms with Gasteiger partial charge in [0.2, 0.25) is 5.95 Å². The average Bonchev–Trinajstić information content (AvgIpc) is 2.85.